The number of benzene rings is 2. The zero-order valence-electron chi connectivity index (χ0n) is 38.8. The SMILES string of the molecule is CC(C)Oc1cc2c(cc1Nc1ncnc3sc4c(c13)CC[C@H](C(=O)N1CC[C@@H](N(C)C)C1)C4)C=NC2.CC(C)Oc1cc2c(cc1Nc1ncnc3sc4c(c13)CC[C@H](C(=O)O)C4)C=NC2. The van der Waals surface area contributed by atoms with Crippen molar-refractivity contribution in [1.29, 1.82) is 0 Å². The number of carboxylic acids is 1. The molecule has 2 aliphatic carbocycles. The van der Waals surface area contributed by atoms with E-state index in [1.165, 1.54) is 21.6 Å². The summed E-state index contributed by atoms with van der Waals surface area (Å²) in [5.74, 6) is 2.42. The van der Waals surface area contributed by atoms with Crippen LogP contribution in [0.3, 0.4) is 0 Å². The molecule has 0 unspecified atom stereocenters. The Balaban J connectivity index is 0.000000160. The highest BCUT2D eigenvalue weighted by Gasteiger charge is 2.35. The molecule has 6 aromatic rings. The van der Waals surface area contributed by atoms with Crippen molar-refractivity contribution in [1.82, 2.24) is 29.7 Å². The van der Waals surface area contributed by atoms with Gasteiger partial charge < -0.3 is 35.0 Å². The zero-order chi connectivity index (χ0) is 46.5. The highest BCUT2D eigenvalue weighted by molar-refractivity contribution is 7.19. The van der Waals surface area contributed by atoms with Crippen LogP contribution >= 0.6 is 22.7 Å². The lowest BCUT2D eigenvalue weighted by Crippen LogP contribution is -2.39. The molecule has 1 fully saturated rings. The Bertz CT molecular complexity index is 2960. The van der Waals surface area contributed by atoms with Crippen LogP contribution in [-0.2, 0) is 48.4 Å². The largest absolute Gasteiger partial charge is 0.489 e. The number of rotatable bonds is 11. The number of likely N-dealkylation sites (N-methyl/N-ethyl adjacent to an activating group) is 1. The van der Waals surface area contributed by atoms with Gasteiger partial charge in [0.05, 0.1) is 53.4 Å². The molecule has 17 heteroatoms. The van der Waals surface area contributed by atoms with E-state index in [-0.39, 0.29) is 24.0 Å². The van der Waals surface area contributed by atoms with E-state index in [4.69, 9.17) is 9.47 Å². The molecule has 1 saturated heterocycles. The maximum Gasteiger partial charge on any atom is 0.306 e. The number of carboxylic acid groups (broad SMARTS) is 1. The first-order valence-electron chi connectivity index (χ1n) is 23.3. The molecular formula is C50H56N10O5S2. The summed E-state index contributed by atoms with van der Waals surface area (Å²) in [5.41, 5.74) is 8.69. The molecule has 67 heavy (non-hydrogen) atoms. The second-order valence-electron chi connectivity index (χ2n) is 18.8. The molecule has 0 saturated carbocycles. The Hall–Kier alpha value is -6.04. The van der Waals surface area contributed by atoms with Gasteiger partial charge in [0, 0.05) is 47.2 Å². The summed E-state index contributed by atoms with van der Waals surface area (Å²) in [5, 5.41) is 18.5. The highest BCUT2D eigenvalue weighted by Crippen LogP contribution is 2.44. The summed E-state index contributed by atoms with van der Waals surface area (Å²) < 4.78 is 12.2. The smallest absolute Gasteiger partial charge is 0.306 e. The summed E-state index contributed by atoms with van der Waals surface area (Å²) in [7, 11) is 4.20. The number of aliphatic imine (C=N–C) groups is 2. The second-order valence-corrected chi connectivity index (χ2v) is 21.0. The van der Waals surface area contributed by atoms with Gasteiger partial charge in [-0.25, -0.2) is 19.9 Å². The third kappa shape index (κ3) is 9.08. The normalized spacial score (nSPS) is 19.1. The Labute approximate surface area is 397 Å². The first-order chi connectivity index (χ1) is 32.4. The van der Waals surface area contributed by atoms with Gasteiger partial charge in [0.15, 0.2) is 0 Å². The average molecular weight is 941 g/mol. The molecule has 2 aromatic carbocycles. The minimum absolute atomic E-state index is 0.0400. The third-order valence-electron chi connectivity index (χ3n) is 13.3. The molecule has 0 spiro atoms. The van der Waals surface area contributed by atoms with E-state index >= 15 is 0 Å². The molecule has 4 aromatic heterocycles. The molecule has 15 nitrogen and oxygen atoms in total. The van der Waals surface area contributed by atoms with Crippen LogP contribution < -0.4 is 20.1 Å². The van der Waals surface area contributed by atoms with E-state index in [0.717, 1.165) is 122 Å². The van der Waals surface area contributed by atoms with Crippen LogP contribution in [0.4, 0.5) is 23.0 Å². The topological polar surface area (TPSA) is 180 Å². The number of nitrogens with one attached hydrogen (secondary N) is 2. The Morgan fingerprint density at radius 2 is 1.24 bits per heavy atom. The van der Waals surface area contributed by atoms with Crippen LogP contribution in [0, 0.1) is 11.8 Å². The van der Waals surface area contributed by atoms with E-state index in [1.54, 1.807) is 35.3 Å². The Morgan fingerprint density at radius 1 is 0.731 bits per heavy atom. The first-order valence-corrected chi connectivity index (χ1v) is 24.9. The van der Waals surface area contributed by atoms with Crippen molar-refractivity contribution in [3.63, 3.8) is 0 Å². The van der Waals surface area contributed by atoms with E-state index in [0.29, 0.717) is 37.9 Å². The fraction of sp³-hybridized carbons (Fsp3) is 0.440. The number of hydrogen-bond donors (Lipinski definition) is 3. The lowest BCUT2D eigenvalue weighted by atomic mass is 9.87. The van der Waals surface area contributed by atoms with Gasteiger partial charge in [-0.1, -0.05) is 0 Å². The van der Waals surface area contributed by atoms with Gasteiger partial charge >= 0.3 is 5.97 Å². The molecule has 3 atom stereocenters. The van der Waals surface area contributed by atoms with Gasteiger partial charge in [-0.2, -0.15) is 0 Å². The molecule has 3 N–H and O–H groups in total. The van der Waals surface area contributed by atoms with Gasteiger partial charge in [-0.05, 0) is 144 Å². The number of likely N-dealkylation sites (tertiary alicyclic amines) is 1. The van der Waals surface area contributed by atoms with Crippen LogP contribution in [0.5, 0.6) is 11.5 Å². The quantitative estimate of drug-likeness (QED) is 0.113. The van der Waals surface area contributed by atoms with E-state index in [9.17, 15) is 14.7 Å². The molecular weight excluding hydrogens is 885 g/mol. The molecule has 0 radical (unpaired) electrons. The van der Waals surface area contributed by atoms with Gasteiger partial charge in [0.2, 0.25) is 5.91 Å². The molecule has 11 rings (SSSR count). The highest BCUT2D eigenvalue weighted by atomic mass is 32.1. The molecule has 1 amide bonds. The zero-order valence-corrected chi connectivity index (χ0v) is 40.4. The molecule has 348 valence electrons. The number of anilines is 4. The predicted molar refractivity (Wildman–Crippen MR) is 266 cm³/mol. The van der Waals surface area contributed by atoms with Crippen molar-refractivity contribution < 1.29 is 24.2 Å². The molecule has 7 heterocycles. The number of hydrogen-bond acceptors (Lipinski definition) is 15. The van der Waals surface area contributed by atoms with Crippen LogP contribution in [0.1, 0.15) is 90.1 Å². The summed E-state index contributed by atoms with van der Waals surface area (Å²) in [6.07, 6.45) is 12.6. The van der Waals surface area contributed by atoms with Gasteiger partial charge in [-0.3, -0.25) is 19.6 Å². The van der Waals surface area contributed by atoms with Crippen LogP contribution in [0.15, 0.2) is 46.9 Å². The van der Waals surface area contributed by atoms with Crippen molar-refractivity contribution >= 4 is 90.4 Å². The molecule has 5 aliphatic rings. The fourth-order valence-corrected chi connectivity index (χ4v) is 12.4. The number of aryl methyl sites for hydroxylation is 2. The third-order valence-corrected chi connectivity index (χ3v) is 15.6. The average Bonchev–Trinajstić information content (AvgIpc) is 4.15. The number of aliphatic carboxylic acids is 1. The minimum atomic E-state index is -0.724. The number of fused-ring (bicyclic) bond motifs is 8. The van der Waals surface area contributed by atoms with Crippen molar-refractivity contribution in [2.75, 3.05) is 37.8 Å². The number of nitrogens with zero attached hydrogens (tertiary/aromatic N) is 8. The second kappa shape index (κ2) is 18.6. The maximum absolute atomic E-state index is 13.4. The van der Waals surface area contributed by atoms with Crippen molar-refractivity contribution in [2.45, 2.75) is 104 Å². The number of carbonyl (C=O) groups is 2. The lowest BCUT2D eigenvalue weighted by molar-refractivity contribution is -0.142. The van der Waals surface area contributed by atoms with Crippen LogP contribution in [0.2, 0.25) is 0 Å². The van der Waals surface area contributed by atoms with Crippen LogP contribution in [-0.4, -0.2) is 105 Å². The van der Waals surface area contributed by atoms with E-state index in [1.807, 2.05) is 46.2 Å². The van der Waals surface area contributed by atoms with Crippen molar-refractivity contribution in [2.24, 2.45) is 21.8 Å². The van der Waals surface area contributed by atoms with Crippen LogP contribution in [0.25, 0.3) is 20.4 Å². The monoisotopic (exact) mass is 940 g/mol. The standard InChI is InChI=1S/C28H34N6O2S.C22H22N4O3S/c1-16(2)36-23-10-19-13-29-12-18(19)9-22(23)32-26-25-21-6-5-17(11-24(21)37-27(25)31-15-30-26)28(35)34-8-7-20(14-34)33(3)4;1-11(2)29-17-6-14-9-23-8-13(14)5-16(17)26-20-19-15-4-3-12(22(27)28)7-18(15)30-21(19)25-10-24-20/h9-10,12,15-17,20H,5-8,11,13-14H2,1-4H3,(H,30,31,32);5-6,8,10-12H,3-4,7,9H2,1-2H3,(H,27,28)(H,24,25,26)/t17-,20+;12-/m00/s1. The number of ether oxygens (including phenoxy) is 2. The molecule has 3 aliphatic heterocycles. The van der Waals surface area contributed by atoms with Gasteiger partial charge in [0.25, 0.3) is 0 Å². The van der Waals surface area contributed by atoms with E-state index < -0.39 is 5.97 Å². The summed E-state index contributed by atoms with van der Waals surface area (Å²) in [6.45, 7) is 11.1. The Kier molecular flexibility index (Phi) is 12.4. The predicted octanol–water partition coefficient (Wildman–Crippen LogP) is 8.77. The Morgan fingerprint density at radius 3 is 1.72 bits per heavy atom. The number of thiophene rings is 2. The van der Waals surface area contributed by atoms with Gasteiger partial charge in [0.1, 0.15) is 45.5 Å². The van der Waals surface area contributed by atoms with E-state index in [2.05, 4.69) is 82.6 Å². The minimum Gasteiger partial charge on any atom is -0.489 e. The summed E-state index contributed by atoms with van der Waals surface area (Å²) in [6, 6.07) is 8.75. The lowest BCUT2D eigenvalue weighted by Gasteiger charge is -2.27. The molecule has 0 bridgehead atoms. The summed E-state index contributed by atoms with van der Waals surface area (Å²) >= 11 is 3.28. The van der Waals surface area contributed by atoms with Gasteiger partial charge in [-0.15, -0.1) is 22.7 Å². The number of aromatic nitrogens is 4. The number of carbonyl (C=O) groups excluding carboxylic acids is 1. The number of amides is 1. The fourth-order valence-electron chi connectivity index (χ4n) is 9.88. The first kappa shape index (κ1) is 44.8. The maximum atomic E-state index is 13.4. The van der Waals surface area contributed by atoms with Crippen molar-refractivity contribution in [3.05, 3.63) is 80.1 Å². The van der Waals surface area contributed by atoms with Crippen molar-refractivity contribution in [3.8, 4) is 11.5 Å². The summed E-state index contributed by atoms with van der Waals surface area (Å²) in [4.78, 5) is 60.4.